The molecule has 0 saturated carbocycles. The van der Waals surface area contributed by atoms with Crippen LogP contribution >= 0.6 is 0 Å². The summed E-state index contributed by atoms with van der Waals surface area (Å²) >= 11 is 0. The predicted molar refractivity (Wildman–Crippen MR) is 83.6 cm³/mol. The predicted octanol–water partition coefficient (Wildman–Crippen LogP) is 3.71. The largest absolute Gasteiger partial charge is 0.312 e. The minimum Gasteiger partial charge on any atom is -0.312 e. The molecule has 0 unspecified atom stereocenters. The maximum absolute atomic E-state index is 13.1. The van der Waals surface area contributed by atoms with Crippen molar-refractivity contribution >= 4 is 10.8 Å². The first kappa shape index (κ1) is 13.7. The highest BCUT2D eigenvalue weighted by Crippen LogP contribution is 2.16. The Morgan fingerprint density at radius 2 is 1.90 bits per heavy atom. The van der Waals surface area contributed by atoms with Gasteiger partial charge in [-0.05, 0) is 41.6 Å². The van der Waals surface area contributed by atoms with Crippen LogP contribution in [0, 0.1) is 5.82 Å². The van der Waals surface area contributed by atoms with E-state index in [4.69, 9.17) is 0 Å². The third kappa shape index (κ3) is 3.44. The molecule has 21 heavy (non-hydrogen) atoms. The minimum atomic E-state index is -0.175. The lowest BCUT2D eigenvalue weighted by Crippen LogP contribution is -2.17. The van der Waals surface area contributed by atoms with Gasteiger partial charge in [-0.3, -0.25) is 4.98 Å². The molecule has 0 aliphatic heterocycles. The molecule has 2 aromatic carbocycles. The van der Waals surface area contributed by atoms with Gasteiger partial charge in [0.2, 0.25) is 0 Å². The molecule has 0 bridgehead atoms. The Morgan fingerprint density at radius 3 is 2.81 bits per heavy atom. The van der Waals surface area contributed by atoms with Gasteiger partial charge >= 0.3 is 0 Å². The molecule has 0 spiro atoms. The number of hydrogen-bond acceptors (Lipinski definition) is 2. The first-order valence-electron chi connectivity index (χ1n) is 7.10. The molecule has 2 nitrogen and oxygen atoms in total. The fraction of sp³-hybridized carbons (Fsp3) is 0.167. The Hall–Kier alpha value is -2.26. The molecule has 0 fully saturated rings. The van der Waals surface area contributed by atoms with Crippen LogP contribution < -0.4 is 5.32 Å². The first-order chi connectivity index (χ1) is 10.3. The molecule has 3 heteroatoms. The van der Waals surface area contributed by atoms with Gasteiger partial charge in [-0.15, -0.1) is 0 Å². The summed E-state index contributed by atoms with van der Waals surface area (Å²) in [4.78, 5) is 4.27. The van der Waals surface area contributed by atoms with Crippen LogP contribution in [0.4, 0.5) is 4.39 Å². The van der Waals surface area contributed by atoms with E-state index in [1.54, 1.807) is 12.1 Å². The molecule has 0 amide bonds. The van der Waals surface area contributed by atoms with E-state index in [-0.39, 0.29) is 5.82 Å². The number of pyridine rings is 1. The lowest BCUT2D eigenvalue weighted by molar-refractivity contribution is 0.622. The molecule has 0 aliphatic rings. The van der Waals surface area contributed by atoms with Gasteiger partial charge in [0.25, 0.3) is 0 Å². The third-order valence-corrected chi connectivity index (χ3v) is 3.55. The molecule has 106 valence electrons. The normalized spacial score (nSPS) is 10.9. The first-order valence-corrected chi connectivity index (χ1v) is 7.10. The Morgan fingerprint density at radius 1 is 1.00 bits per heavy atom. The van der Waals surface area contributed by atoms with Gasteiger partial charge in [0, 0.05) is 24.3 Å². The Balaban J connectivity index is 1.60. The molecular formula is C18H17FN2. The summed E-state index contributed by atoms with van der Waals surface area (Å²) in [5, 5.41) is 5.78. The zero-order valence-electron chi connectivity index (χ0n) is 11.7. The summed E-state index contributed by atoms with van der Waals surface area (Å²) in [5.41, 5.74) is 2.20. The highest BCUT2D eigenvalue weighted by atomic mass is 19.1. The van der Waals surface area contributed by atoms with Crippen molar-refractivity contribution in [1.82, 2.24) is 10.3 Å². The molecule has 0 radical (unpaired) electrons. The van der Waals surface area contributed by atoms with E-state index in [0.717, 1.165) is 30.5 Å². The smallest absolute Gasteiger partial charge is 0.123 e. The maximum Gasteiger partial charge on any atom is 0.123 e. The number of benzene rings is 2. The molecule has 1 heterocycles. The second-order valence-electron chi connectivity index (χ2n) is 5.08. The zero-order chi connectivity index (χ0) is 14.5. The Kier molecular flexibility index (Phi) is 4.22. The summed E-state index contributed by atoms with van der Waals surface area (Å²) in [7, 11) is 0. The van der Waals surface area contributed by atoms with Crippen LogP contribution in [0.1, 0.15) is 11.1 Å². The van der Waals surface area contributed by atoms with E-state index in [1.165, 1.54) is 17.0 Å². The second-order valence-corrected chi connectivity index (χ2v) is 5.08. The SMILES string of the molecule is Fc1cccc(CCNCc2cncc3ccccc23)c1. The van der Waals surface area contributed by atoms with Gasteiger partial charge in [0.1, 0.15) is 5.82 Å². The summed E-state index contributed by atoms with van der Waals surface area (Å²) in [6.45, 7) is 1.58. The van der Waals surface area contributed by atoms with E-state index in [2.05, 4.69) is 22.4 Å². The van der Waals surface area contributed by atoms with Crippen molar-refractivity contribution in [2.75, 3.05) is 6.54 Å². The average Bonchev–Trinajstić information content (AvgIpc) is 2.52. The number of hydrogen-bond donors (Lipinski definition) is 1. The van der Waals surface area contributed by atoms with Crippen molar-refractivity contribution < 1.29 is 4.39 Å². The average molecular weight is 280 g/mol. The van der Waals surface area contributed by atoms with Crippen LogP contribution in [0.25, 0.3) is 10.8 Å². The van der Waals surface area contributed by atoms with Crippen LogP contribution in [0.3, 0.4) is 0 Å². The maximum atomic E-state index is 13.1. The number of halogens is 1. The highest BCUT2D eigenvalue weighted by molar-refractivity contribution is 5.84. The molecule has 3 rings (SSSR count). The van der Waals surface area contributed by atoms with Gasteiger partial charge in [-0.2, -0.15) is 0 Å². The van der Waals surface area contributed by atoms with Crippen LogP contribution in [0.15, 0.2) is 60.9 Å². The third-order valence-electron chi connectivity index (χ3n) is 3.55. The number of nitrogens with one attached hydrogen (secondary N) is 1. The summed E-state index contributed by atoms with van der Waals surface area (Å²) < 4.78 is 13.1. The van der Waals surface area contributed by atoms with Gasteiger partial charge < -0.3 is 5.32 Å². The van der Waals surface area contributed by atoms with Crippen LogP contribution in [-0.2, 0) is 13.0 Å². The summed E-state index contributed by atoms with van der Waals surface area (Å²) in [6, 6.07) is 15.0. The standard InChI is InChI=1S/C18H17FN2/c19-17-6-3-4-14(10-17)8-9-20-12-16-13-21-11-15-5-1-2-7-18(15)16/h1-7,10-11,13,20H,8-9,12H2. The molecule has 3 aromatic rings. The molecule has 0 saturated heterocycles. The zero-order valence-corrected chi connectivity index (χ0v) is 11.7. The lowest BCUT2D eigenvalue weighted by atomic mass is 10.1. The van der Waals surface area contributed by atoms with Crippen molar-refractivity contribution in [1.29, 1.82) is 0 Å². The van der Waals surface area contributed by atoms with E-state index >= 15 is 0 Å². The summed E-state index contributed by atoms with van der Waals surface area (Å²) in [5.74, 6) is -0.175. The molecule has 0 aliphatic carbocycles. The van der Waals surface area contributed by atoms with Crippen molar-refractivity contribution in [3.8, 4) is 0 Å². The minimum absolute atomic E-state index is 0.175. The van der Waals surface area contributed by atoms with Crippen molar-refractivity contribution in [2.24, 2.45) is 0 Å². The lowest BCUT2D eigenvalue weighted by Gasteiger charge is -2.08. The van der Waals surface area contributed by atoms with Crippen LogP contribution in [0.5, 0.6) is 0 Å². The van der Waals surface area contributed by atoms with E-state index in [9.17, 15) is 4.39 Å². The van der Waals surface area contributed by atoms with E-state index in [0.29, 0.717) is 0 Å². The number of aromatic nitrogens is 1. The van der Waals surface area contributed by atoms with Crippen molar-refractivity contribution in [3.05, 3.63) is 77.9 Å². The monoisotopic (exact) mass is 280 g/mol. The van der Waals surface area contributed by atoms with Gasteiger partial charge in [0.15, 0.2) is 0 Å². The Bertz CT molecular complexity index is 735. The number of fused-ring (bicyclic) bond motifs is 1. The molecule has 0 atom stereocenters. The van der Waals surface area contributed by atoms with Crippen molar-refractivity contribution in [2.45, 2.75) is 13.0 Å². The van der Waals surface area contributed by atoms with Gasteiger partial charge in [0.05, 0.1) is 0 Å². The number of rotatable bonds is 5. The summed E-state index contributed by atoms with van der Waals surface area (Å²) in [6.07, 6.45) is 4.60. The van der Waals surface area contributed by atoms with Crippen LogP contribution in [0.2, 0.25) is 0 Å². The van der Waals surface area contributed by atoms with E-state index < -0.39 is 0 Å². The molecular weight excluding hydrogens is 263 g/mol. The molecule has 1 N–H and O–H groups in total. The van der Waals surface area contributed by atoms with Crippen molar-refractivity contribution in [3.63, 3.8) is 0 Å². The topological polar surface area (TPSA) is 24.9 Å². The van der Waals surface area contributed by atoms with Crippen LogP contribution in [-0.4, -0.2) is 11.5 Å². The second kappa shape index (κ2) is 6.46. The quantitative estimate of drug-likeness (QED) is 0.721. The number of nitrogens with zero attached hydrogens (tertiary/aromatic N) is 1. The fourth-order valence-corrected chi connectivity index (χ4v) is 2.47. The Labute approximate surface area is 123 Å². The van der Waals surface area contributed by atoms with E-state index in [1.807, 2.05) is 30.6 Å². The van der Waals surface area contributed by atoms with Gasteiger partial charge in [-0.1, -0.05) is 36.4 Å². The van der Waals surface area contributed by atoms with Gasteiger partial charge in [-0.25, -0.2) is 4.39 Å². The highest BCUT2D eigenvalue weighted by Gasteiger charge is 2.01. The molecule has 1 aromatic heterocycles. The fourth-order valence-electron chi connectivity index (χ4n) is 2.47.